The first-order chi connectivity index (χ1) is 9.00. The van der Waals surface area contributed by atoms with Gasteiger partial charge in [-0.1, -0.05) is 6.92 Å². The maximum atomic E-state index is 10.00. The number of pyridine rings is 1. The molecule has 0 aliphatic heterocycles. The fourth-order valence-electron chi connectivity index (χ4n) is 1.72. The summed E-state index contributed by atoms with van der Waals surface area (Å²) in [5.41, 5.74) is 1.13. The van der Waals surface area contributed by atoms with Crippen molar-refractivity contribution in [3.63, 3.8) is 0 Å². The standard InChI is InChI=1S/C15H24N2O2/c1-4-15(3,18)10-19-14-8-5-11(2)17-13(14)9-16-12-6-7-12/h5,8,12,16,18H,4,6-7,9-10H2,1-3H3. The van der Waals surface area contributed by atoms with E-state index < -0.39 is 5.60 Å². The molecule has 4 nitrogen and oxygen atoms in total. The SMILES string of the molecule is CCC(C)(O)COc1ccc(C)nc1CNC1CC1. The van der Waals surface area contributed by atoms with Crippen molar-refractivity contribution >= 4 is 0 Å². The van der Waals surface area contributed by atoms with E-state index in [0.717, 1.165) is 23.7 Å². The van der Waals surface area contributed by atoms with Crippen molar-refractivity contribution < 1.29 is 9.84 Å². The van der Waals surface area contributed by atoms with Crippen LogP contribution in [0.25, 0.3) is 0 Å². The van der Waals surface area contributed by atoms with Crippen LogP contribution in [0.4, 0.5) is 0 Å². The first-order valence-corrected chi connectivity index (χ1v) is 7.05. The Balaban J connectivity index is 2.00. The van der Waals surface area contributed by atoms with Gasteiger partial charge in [0.1, 0.15) is 12.4 Å². The lowest BCUT2D eigenvalue weighted by molar-refractivity contribution is 0.00801. The Morgan fingerprint density at radius 2 is 2.21 bits per heavy atom. The predicted molar refractivity (Wildman–Crippen MR) is 75.2 cm³/mol. The molecular weight excluding hydrogens is 240 g/mol. The molecule has 1 heterocycles. The lowest BCUT2D eigenvalue weighted by Gasteiger charge is -2.22. The molecule has 4 heteroatoms. The van der Waals surface area contributed by atoms with Crippen LogP contribution in [0.5, 0.6) is 5.75 Å². The molecule has 2 rings (SSSR count). The van der Waals surface area contributed by atoms with E-state index in [1.54, 1.807) is 6.92 Å². The molecular formula is C15H24N2O2. The summed E-state index contributed by atoms with van der Waals surface area (Å²) in [6.07, 6.45) is 3.18. The minimum atomic E-state index is -0.786. The Hall–Kier alpha value is -1.13. The number of hydrogen-bond donors (Lipinski definition) is 2. The van der Waals surface area contributed by atoms with Crippen molar-refractivity contribution in [2.75, 3.05) is 6.61 Å². The van der Waals surface area contributed by atoms with E-state index in [9.17, 15) is 5.11 Å². The highest BCUT2D eigenvalue weighted by Gasteiger charge is 2.22. The second-order valence-electron chi connectivity index (χ2n) is 5.69. The van der Waals surface area contributed by atoms with Gasteiger partial charge in [0, 0.05) is 18.3 Å². The summed E-state index contributed by atoms with van der Waals surface area (Å²) in [5.74, 6) is 0.771. The first kappa shape index (κ1) is 14.3. The van der Waals surface area contributed by atoms with Crippen molar-refractivity contribution in [1.29, 1.82) is 0 Å². The van der Waals surface area contributed by atoms with Crippen LogP contribution < -0.4 is 10.1 Å². The summed E-state index contributed by atoms with van der Waals surface area (Å²) in [4.78, 5) is 4.53. The molecule has 1 atom stereocenters. The van der Waals surface area contributed by atoms with Gasteiger partial charge < -0.3 is 15.2 Å². The third-order valence-electron chi connectivity index (χ3n) is 3.51. The maximum Gasteiger partial charge on any atom is 0.142 e. The summed E-state index contributed by atoms with van der Waals surface area (Å²) in [6.45, 7) is 6.75. The van der Waals surface area contributed by atoms with Gasteiger partial charge >= 0.3 is 0 Å². The average molecular weight is 264 g/mol. The summed E-state index contributed by atoms with van der Waals surface area (Å²) in [7, 11) is 0. The van der Waals surface area contributed by atoms with E-state index in [-0.39, 0.29) is 0 Å². The molecule has 1 aromatic rings. The van der Waals surface area contributed by atoms with E-state index in [1.165, 1.54) is 12.8 Å². The van der Waals surface area contributed by atoms with Gasteiger partial charge in [-0.2, -0.15) is 0 Å². The number of aryl methyl sites for hydroxylation is 1. The molecule has 1 aliphatic carbocycles. The van der Waals surface area contributed by atoms with Gasteiger partial charge in [0.2, 0.25) is 0 Å². The van der Waals surface area contributed by atoms with Crippen molar-refractivity contribution in [2.45, 2.75) is 58.2 Å². The highest BCUT2D eigenvalue weighted by atomic mass is 16.5. The largest absolute Gasteiger partial charge is 0.489 e. The van der Waals surface area contributed by atoms with Gasteiger partial charge in [-0.05, 0) is 45.2 Å². The lowest BCUT2D eigenvalue weighted by Crippen LogP contribution is -2.31. The number of aromatic nitrogens is 1. The second kappa shape index (κ2) is 5.88. The third-order valence-corrected chi connectivity index (χ3v) is 3.51. The average Bonchev–Trinajstić information content (AvgIpc) is 3.19. The topological polar surface area (TPSA) is 54.4 Å². The molecule has 0 bridgehead atoms. The molecule has 106 valence electrons. The maximum absolute atomic E-state index is 10.00. The first-order valence-electron chi connectivity index (χ1n) is 7.05. The van der Waals surface area contributed by atoms with Crippen LogP contribution in [0.3, 0.4) is 0 Å². The van der Waals surface area contributed by atoms with E-state index >= 15 is 0 Å². The normalized spacial score (nSPS) is 18.1. The lowest BCUT2D eigenvalue weighted by atomic mass is 10.1. The fourth-order valence-corrected chi connectivity index (χ4v) is 1.72. The van der Waals surface area contributed by atoms with Gasteiger partial charge in [0.15, 0.2) is 0 Å². The Bertz CT molecular complexity index is 428. The van der Waals surface area contributed by atoms with E-state index in [4.69, 9.17) is 4.74 Å². The number of rotatable bonds is 7. The molecule has 1 aliphatic rings. The van der Waals surface area contributed by atoms with E-state index in [0.29, 0.717) is 19.1 Å². The zero-order chi connectivity index (χ0) is 13.9. The third kappa shape index (κ3) is 4.48. The Kier molecular flexibility index (Phi) is 4.42. The van der Waals surface area contributed by atoms with E-state index in [2.05, 4.69) is 10.3 Å². The minimum Gasteiger partial charge on any atom is -0.489 e. The Labute approximate surface area is 115 Å². The minimum absolute atomic E-state index is 0.296. The number of nitrogens with zero attached hydrogens (tertiary/aromatic N) is 1. The molecule has 1 aromatic heterocycles. The molecule has 0 saturated heterocycles. The van der Waals surface area contributed by atoms with Crippen LogP contribution in [0, 0.1) is 6.92 Å². The zero-order valence-electron chi connectivity index (χ0n) is 12.1. The summed E-state index contributed by atoms with van der Waals surface area (Å²) in [5, 5.41) is 13.4. The molecule has 19 heavy (non-hydrogen) atoms. The highest BCUT2D eigenvalue weighted by Crippen LogP contribution is 2.23. The molecule has 0 spiro atoms. The Morgan fingerprint density at radius 3 is 2.84 bits per heavy atom. The molecule has 0 amide bonds. The summed E-state index contributed by atoms with van der Waals surface area (Å²) < 4.78 is 5.75. The van der Waals surface area contributed by atoms with Crippen molar-refractivity contribution in [1.82, 2.24) is 10.3 Å². The zero-order valence-corrected chi connectivity index (χ0v) is 12.1. The number of ether oxygens (including phenoxy) is 1. The van der Waals surface area contributed by atoms with Crippen molar-refractivity contribution in [3.05, 3.63) is 23.5 Å². The molecule has 1 saturated carbocycles. The number of hydrogen-bond acceptors (Lipinski definition) is 4. The van der Waals surface area contributed by atoms with Gasteiger partial charge in [0.05, 0.1) is 11.3 Å². The van der Waals surface area contributed by atoms with Crippen molar-refractivity contribution in [2.24, 2.45) is 0 Å². The van der Waals surface area contributed by atoms with Gasteiger partial charge in [-0.25, -0.2) is 0 Å². The monoisotopic (exact) mass is 264 g/mol. The molecule has 1 fully saturated rings. The molecule has 0 aromatic carbocycles. The van der Waals surface area contributed by atoms with Crippen LogP contribution in [-0.2, 0) is 6.54 Å². The molecule has 0 radical (unpaired) electrons. The van der Waals surface area contributed by atoms with E-state index in [1.807, 2.05) is 26.0 Å². The Morgan fingerprint density at radius 1 is 1.47 bits per heavy atom. The molecule has 2 N–H and O–H groups in total. The highest BCUT2D eigenvalue weighted by molar-refractivity contribution is 5.29. The van der Waals surface area contributed by atoms with Gasteiger partial charge in [-0.3, -0.25) is 4.98 Å². The van der Waals surface area contributed by atoms with Gasteiger partial charge in [0.25, 0.3) is 0 Å². The van der Waals surface area contributed by atoms with Gasteiger partial charge in [-0.15, -0.1) is 0 Å². The molecule has 1 unspecified atom stereocenters. The smallest absolute Gasteiger partial charge is 0.142 e. The summed E-state index contributed by atoms with van der Waals surface area (Å²) >= 11 is 0. The second-order valence-corrected chi connectivity index (χ2v) is 5.69. The fraction of sp³-hybridized carbons (Fsp3) is 0.667. The van der Waals surface area contributed by atoms with Crippen LogP contribution >= 0.6 is 0 Å². The summed E-state index contributed by atoms with van der Waals surface area (Å²) in [6, 6.07) is 4.53. The number of nitrogens with one attached hydrogen (secondary N) is 1. The van der Waals surface area contributed by atoms with Crippen LogP contribution in [0.15, 0.2) is 12.1 Å². The van der Waals surface area contributed by atoms with Crippen molar-refractivity contribution in [3.8, 4) is 5.75 Å². The van der Waals surface area contributed by atoms with Crippen LogP contribution in [-0.4, -0.2) is 28.3 Å². The predicted octanol–water partition coefficient (Wildman–Crippen LogP) is 2.18. The van der Waals surface area contributed by atoms with Crippen LogP contribution in [0.1, 0.15) is 44.5 Å². The quantitative estimate of drug-likeness (QED) is 0.792. The van der Waals surface area contributed by atoms with Crippen LogP contribution in [0.2, 0.25) is 0 Å². The number of aliphatic hydroxyl groups is 1.